The van der Waals surface area contributed by atoms with E-state index in [2.05, 4.69) is 10.2 Å². The summed E-state index contributed by atoms with van der Waals surface area (Å²) in [7, 11) is 0. The van der Waals surface area contributed by atoms with Crippen molar-refractivity contribution in [2.24, 2.45) is 10.2 Å². The van der Waals surface area contributed by atoms with Crippen molar-refractivity contribution >= 4 is 17.1 Å². The Labute approximate surface area is 156 Å². The zero-order valence-electron chi connectivity index (χ0n) is 14.9. The van der Waals surface area contributed by atoms with E-state index < -0.39 is 4.92 Å². The lowest BCUT2D eigenvalue weighted by Gasteiger charge is -2.03. The second-order valence-corrected chi connectivity index (χ2v) is 5.64. The maximum atomic E-state index is 10.0. The first kappa shape index (κ1) is 19.6. The highest BCUT2D eigenvalue weighted by atomic mass is 16.6. The van der Waals surface area contributed by atoms with Crippen LogP contribution in [0.3, 0.4) is 0 Å². The molecule has 0 radical (unpaired) electrons. The van der Waals surface area contributed by atoms with Crippen molar-refractivity contribution in [2.75, 3.05) is 0 Å². The number of rotatable bonds is 3. The molecule has 0 spiro atoms. The fourth-order valence-corrected chi connectivity index (χ4v) is 2.10. The number of hydrogen-bond acceptors (Lipinski definition) is 6. The lowest BCUT2D eigenvalue weighted by atomic mass is 10.2. The molecule has 3 rings (SSSR count). The van der Waals surface area contributed by atoms with E-state index in [1.54, 1.807) is 68.4 Å². The van der Waals surface area contributed by atoms with E-state index in [0.29, 0.717) is 22.5 Å². The number of benzene rings is 3. The highest BCUT2D eigenvalue weighted by Crippen LogP contribution is 2.31. The summed E-state index contributed by atoms with van der Waals surface area (Å²) in [6.07, 6.45) is 0. The molecule has 2 N–H and O–H groups in total. The summed E-state index contributed by atoms with van der Waals surface area (Å²) in [5.41, 5.74) is 2.71. The Balaban J connectivity index is 0.000000244. The number of aromatic hydroxyl groups is 2. The molecule has 0 aliphatic heterocycles. The summed E-state index contributed by atoms with van der Waals surface area (Å²) in [6, 6.07) is 18.1. The smallest absolute Gasteiger partial charge is 0.269 e. The molecule has 3 aromatic rings. The van der Waals surface area contributed by atoms with Crippen LogP contribution in [0.2, 0.25) is 0 Å². The average Bonchev–Trinajstić information content (AvgIpc) is 2.67. The van der Waals surface area contributed by atoms with Crippen LogP contribution in [0.15, 0.2) is 77.0 Å². The van der Waals surface area contributed by atoms with Crippen LogP contribution < -0.4 is 0 Å². The number of phenolic OH excluding ortho intramolecular Hbond substituents is 2. The van der Waals surface area contributed by atoms with E-state index in [1.807, 2.05) is 0 Å². The number of azo groups is 1. The van der Waals surface area contributed by atoms with Crippen LogP contribution in [0.25, 0.3) is 0 Å². The lowest BCUT2D eigenvalue weighted by molar-refractivity contribution is -0.384. The van der Waals surface area contributed by atoms with Crippen molar-refractivity contribution in [2.45, 2.75) is 13.8 Å². The van der Waals surface area contributed by atoms with Gasteiger partial charge in [-0.05, 0) is 38.1 Å². The molecule has 3 aromatic carbocycles. The molecule has 0 aliphatic rings. The standard InChI is InChI=1S/C14H14N2O2.C6H5NO2/c1-9-11(5-3-7-13(9)17)15-16-12-6-4-8-14(18)10(12)2;8-7(9)6-4-2-1-3-5-6/h3-8,17-18H,1-2H3;1-5H. The molecule has 0 aromatic heterocycles. The second kappa shape index (κ2) is 9.10. The van der Waals surface area contributed by atoms with Gasteiger partial charge in [-0.3, -0.25) is 10.1 Å². The highest BCUT2D eigenvalue weighted by Gasteiger charge is 2.03. The van der Waals surface area contributed by atoms with Crippen molar-refractivity contribution in [3.05, 3.63) is 88.0 Å². The fourth-order valence-electron chi connectivity index (χ4n) is 2.10. The summed E-state index contributed by atoms with van der Waals surface area (Å²) in [4.78, 5) is 9.59. The molecule has 0 amide bonds. The third-order valence-electron chi connectivity index (χ3n) is 3.79. The summed E-state index contributed by atoms with van der Waals surface area (Å²) in [5.74, 6) is 0.387. The van der Waals surface area contributed by atoms with Crippen molar-refractivity contribution < 1.29 is 15.1 Å². The van der Waals surface area contributed by atoms with Gasteiger partial charge in [-0.2, -0.15) is 10.2 Å². The number of nitro groups is 1. The molecule has 0 saturated carbocycles. The molecule has 138 valence electrons. The summed E-state index contributed by atoms with van der Waals surface area (Å²) < 4.78 is 0. The van der Waals surface area contributed by atoms with Crippen LogP contribution in [0, 0.1) is 24.0 Å². The van der Waals surface area contributed by atoms with Gasteiger partial charge in [-0.1, -0.05) is 30.3 Å². The van der Waals surface area contributed by atoms with E-state index in [-0.39, 0.29) is 17.2 Å². The first-order valence-corrected chi connectivity index (χ1v) is 8.08. The zero-order valence-corrected chi connectivity index (χ0v) is 14.9. The molecule has 7 nitrogen and oxygen atoms in total. The molecular formula is C20H19N3O4. The molecule has 27 heavy (non-hydrogen) atoms. The van der Waals surface area contributed by atoms with Gasteiger partial charge in [0.1, 0.15) is 11.5 Å². The summed E-state index contributed by atoms with van der Waals surface area (Å²) >= 11 is 0. The number of nitro benzene ring substituents is 1. The topological polar surface area (TPSA) is 108 Å². The van der Waals surface area contributed by atoms with Crippen molar-refractivity contribution in [3.8, 4) is 11.5 Å². The minimum Gasteiger partial charge on any atom is -0.508 e. The van der Waals surface area contributed by atoms with Gasteiger partial charge in [0.25, 0.3) is 5.69 Å². The Morgan fingerprint density at radius 2 is 1.19 bits per heavy atom. The van der Waals surface area contributed by atoms with Gasteiger partial charge in [0.15, 0.2) is 0 Å². The van der Waals surface area contributed by atoms with Crippen LogP contribution in [0.1, 0.15) is 11.1 Å². The SMILES string of the molecule is Cc1c(O)cccc1N=Nc1cccc(O)c1C.O=[N+]([O-])c1ccccc1. The maximum Gasteiger partial charge on any atom is 0.269 e. The van der Waals surface area contributed by atoms with Gasteiger partial charge in [-0.25, -0.2) is 0 Å². The first-order valence-electron chi connectivity index (χ1n) is 8.08. The van der Waals surface area contributed by atoms with E-state index in [0.717, 1.165) is 0 Å². The number of para-hydroxylation sites is 1. The van der Waals surface area contributed by atoms with E-state index >= 15 is 0 Å². The van der Waals surface area contributed by atoms with Gasteiger partial charge in [-0.15, -0.1) is 0 Å². The number of nitrogens with zero attached hydrogens (tertiary/aromatic N) is 3. The number of phenols is 2. The van der Waals surface area contributed by atoms with Crippen LogP contribution >= 0.6 is 0 Å². The Hall–Kier alpha value is -3.74. The second-order valence-electron chi connectivity index (χ2n) is 5.64. The zero-order chi connectivity index (χ0) is 19.8. The number of non-ortho nitro benzene ring substituents is 1. The molecule has 0 atom stereocenters. The van der Waals surface area contributed by atoms with Crippen LogP contribution in [-0.2, 0) is 0 Å². The predicted octanol–water partition coefficient (Wildman–Crippen LogP) is 5.72. The maximum absolute atomic E-state index is 10.0. The van der Waals surface area contributed by atoms with Crippen LogP contribution in [-0.4, -0.2) is 15.1 Å². The average molecular weight is 365 g/mol. The third kappa shape index (κ3) is 5.37. The Kier molecular flexibility index (Phi) is 6.60. The molecule has 0 bridgehead atoms. The van der Waals surface area contributed by atoms with E-state index in [4.69, 9.17) is 0 Å². The molecule has 0 heterocycles. The van der Waals surface area contributed by atoms with Crippen molar-refractivity contribution in [1.29, 1.82) is 0 Å². The van der Waals surface area contributed by atoms with E-state index in [9.17, 15) is 20.3 Å². The van der Waals surface area contributed by atoms with Gasteiger partial charge in [0, 0.05) is 23.3 Å². The predicted molar refractivity (Wildman–Crippen MR) is 103 cm³/mol. The van der Waals surface area contributed by atoms with Crippen molar-refractivity contribution in [3.63, 3.8) is 0 Å². The van der Waals surface area contributed by atoms with Gasteiger partial charge in [0.05, 0.1) is 16.3 Å². The van der Waals surface area contributed by atoms with Crippen molar-refractivity contribution in [1.82, 2.24) is 0 Å². The molecular weight excluding hydrogens is 346 g/mol. The van der Waals surface area contributed by atoms with Crippen LogP contribution in [0.4, 0.5) is 17.1 Å². The minimum atomic E-state index is -0.417. The number of hydrogen-bond donors (Lipinski definition) is 2. The third-order valence-corrected chi connectivity index (χ3v) is 3.79. The summed E-state index contributed by atoms with van der Waals surface area (Å²) in [5, 5.41) is 37.3. The summed E-state index contributed by atoms with van der Waals surface area (Å²) in [6.45, 7) is 3.55. The minimum absolute atomic E-state index is 0.137. The molecule has 0 fully saturated rings. The van der Waals surface area contributed by atoms with E-state index in [1.165, 1.54) is 12.1 Å². The molecule has 0 unspecified atom stereocenters. The monoisotopic (exact) mass is 365 g/mol. The Bertz CT molecular complexity index is 903. The quantitative estimate of drug-likeness (QED) is 0.351. The lowest BCUT2D eigenvalue weighted by Crippen LogP contribution is -1.84. The fraction of sp³-hybridized carbons (Fsp3) is 0.100. The first-order chi connectivity index (χ1) is 12.9. The Morgan fingerprint density at radius 3 is 1.56 bits per heavy atom. The normalized spacial score (nSPS) is 10.3. The molecule has 0 saturated heterocycles. The van der Waals surface area contributed by atoms with Crippen LogP contribution in [0.5, 0.6) is 11.5 Å². The Morgan fingerprint density at radius 1 is 0.741 bits per heavy atom. The molecule has 0 aliphatic carbocycles. The molecule has 7 heteroatoms. The largest absolute Gasteiger partial charge is 0.508 e. The highest BCUT2D eigenvalue weighted by molar-refractivity contribution is 5.54. The van der Waals surface area contributed by atoms with Gasteiger partial charge < -0.3 is 10.2 Å². The van der Waals surface area contributed by atoms with Gasteiger partial charge in [0.2, 0.25) is 0 Å². The van der Waals surface area contributed by atoms with Gasteiger partial charge >= 0.3 is 0 Å².